The SMILES string of the molecule is Br.c1cc2nc(c1)CNCCCN(Cc1ccc(CN3CCCNCc4cccc(n4)CNCCC3)cc1)CCCNC2. The molecule has 2 aromatic heterocycles. The summed E-state index contributed by atoms with van der Waals surface area (Å²) in [6.45, 7) is 13.9. The molecule has 0 saturated heterocycles. The zero-order chi connectivity index (χ0) is 28.7. The van der Waals surface area contributed by atoms with E-state index in [1.54, 1.807) is 0 Å². The Labute approximate surface area is 269 Å². The monoisotopic (exact) mass is 650 g/mol. The second-order valence-electron chi connectivity index (χ2n) is 11.7. The van der Waals surface area contributed by atoms with E-state index in [1.165, 1.54) is 11.1 Å². The average molecular weight is 652 g/mol. The maximum absolute atomic E-state index is 4.76. The van der Waals surface area contributed by atoms with Gasteiger partial charge in [0.2, 0.25) is 0 Å². The number of rotatable bonds is 4. The summed E-state index contributed by atoms with van der Waals surface area (Å²) >= 11 is 0. The predicted octanol–water partition coefficient (Wildman–Crippen LogP) is 4.00. The highest BCUT2D eigenvalue weighted by molar-refractivity contribution is 8.93. The molecule has 3 aromatic rings. The van der Waals surface area contributed by atoms with Gasteiger partial charge in [-0.25, -0.2) is 0 Å². The lowest BCUT2D eigenvalue weighted by Gasteiger charge is -2.24. The van der Waals surface area contributed by atoms with Gasteiger partial charge in [-0.05, 0) is 113 Å². The molecule has 4 N–H and O–H groups in total. The molecule has 0 unspecified atom stereocenters. The summed E-state index contributed by atoms with van der Waals surface area (Å²) in [5.74, 6) is 0. The molecule has 8 nitrogen and oxygen atoms in total. The molecule has 9 heteroatoms. The molecule has 0 saturated carbocycles. The fourth-order valence-corrected chi connectivity index (χ4v) is 5.84. The molecule has 0 fully saturated rings. The van der Waals surface area contributed by atoms with Crippen LogP contribution in [0.1, 0.15) is 59.6 Å². The van der Waals surface area contributed by atoms with Gasteiger partial charge in [-0.3, -0.25) is 19.8 Å². The fraction of sp³-hybridized carbons (Fsp3) is 0.529. The van der Waals surface area contributed by atoms with Crippen LogP contribution in [0.15, 0.2) is 60.7 Å². The Balaban J connectivity index is 0.00000423. The molecule has 0 radical (unpaired) electrons. The quantitative estimate of drug-likeness (QED) is 0.338. The van der Waals surface area contributed by atoms with E-state index in [0.29, 0.717) is 0 Å². The summed E-state index contributed by atoms with van der Waals surface area (Å²) < 4.78 is 0. The van der Waals surface area contributed by atoms with Crippen molar-refractivity contribution in [2.75, 3.05) is 52.4 Å². The minimum absolute atomic E-state index is 0. The molecular weight excluding hydrogens is 600 g/mol. The number of aromatic nitrogens is 2. The molecule has 4 heterocycles. The molecule has 234 valence electrons. The first kappa shape index (κ1) is 33.6. The number of fused-ring (bicyclic) bond motifs is 4. The standard InChI is InChI=1S/C34H50N8.BrH/c1-7-31-23-35-15-3-19-41(20-4-16-36-24-32(8-1)39-31)27-29-11-13-30(14-12-29)28-42-21-5-17-37-25-33-9-2-10-34(40-33)26-38-18-6-22-42;/h1-2,7-14,35-38H,3-6,15-28H2;1H. The van der Waals surface area contributed by atoms with E-state index in [1.807, 2.05) is 0 Å². The van der Waals surface area contributed by atoms with E-state index in [-0.39, 0.29) is 17.0 Å². The first-order chi connectivity index (χ1) is 20.8. The van der Waals surface area contributed by atoms with Crippen molar-refractivity contribution in [3.63, 3.8) is 0 Å². The number of hydrogen-bond acceptors (Lipinski definition) is 8. The Morgan fingerprint density at radius 3 is 1.07 bits per heavy atom. The third-order valence-electron chi connectivity index (χ3n) is 8.10. The van der Waals surface area contributed by atoms with Crippen LogP contribution in [-0.2, 0) is 39.3 Å². The van der Waals surface area contributed by atoms with Crippen molar-refractivity contribution in [2.45, 2.75) is 65.0 Å². The van der Waals surface area contributed by atoms with Crippen LogP contribution < -0.4 is 21.3 Å². The van der Waals surface area contributed by atoms with Gasteiger partial charge in [0.05, 0.1) is 22.8 Å². The number of nitrogens with zero attached hydrogens (tertiary/aromatic N) is 4. The number of pyridine rings is 2. The highest BCUT2D eigenvalue weighted by Gasteiger charge is 2.10. The van der Waals surface area contributed by atoms with Crippen molar-refractivity contribution in [1.82, 2.24) is 41.0 Å². The van der Waals surface area contributed by atoms with Crippen molar-refractivity contribution < 1.29 is 0 Å². The largest absolute Gasteiger partial charge is 0.311 e. The summed E-state index contributed by atoms with van der Waals surface area (Å²) in [6.07, 6.45) is 4.58. The third kappa shape index (κ3) is 12.3. The van der Waals surface area contributed by atoms with Gasteiger partial charge in [0.25, 0.3) is 0 Å². The molecular formula is C34H51BrN8. The Morgan fingerprint density at radius 1 is 0.465 bits per heavy atom. The zero-order valence-electron chi connectivity index (χ0n) is 25.7. The fourth-order valence-electron chi connectivity index (χ4n) is 5.84. The topological polar surface area (TPSA) is 80.4 Å². The lowest BCUT2D eigenvalue weighted by Crippen LogP contribution is -2.31. The zero-order valence-corrected chi connectivity index (χ0v) is 27.4. The van der Waals surface area contributed by atoms with Gasteiger partial charge in [-0.15, -0.1) is 17.0 Å². The molecule has 1 aromatic carbocycles. The summed E-state index contributed by atoms with van der Waals surface area (Å²) in [5, 5.41) is 14.3. The second kappa shape index (κ2) is 19.2. The molecule has 0 aliphatic carbocycles. The number of benzene rings is 1. The van der Waals surface area contributed by atoms with Gasteiger partial charge in [0.15, 0.2) is 0 Å². The summed E-state index contributed by atoms with van der Waals surface area (Å²) in [5.41, 5.74) is 7.33. The number of hydrogen-bond donors (Lipinski definition) is 4. The van der Waals surface area contributed by atoms with E-state index in [0.717, 1.165) is 140 Å². The summed E-state index contributed by atoms with van der Waals surface area (Å²) in [6, 6.07) is 22.1. The first-order valence-corrected chi connectivity index (χ1v) is 16.1. The van der Waals surface area contributed by atoms with E-state index < -0.39 is 0 Å². The molecule has 0 spiro atoms. The normalized spacial score (nSPS) is 19.0. The minimum Gasteiger partial charge on any atom is -0.311 e. The van der Waals surface area contributed by atoms with Gasteiger partial charge >= 0.3 is 0 Å². The van der Waals surface area contributed by atoms with Crippen LogP contribution in [0, 0.1) is 0 Å². The maximum atomic E-state index is 4.76. The third-order valence-corrected chi connectivity index (χ3v) is 8.10. The van der Waals surface area contributed by atoms with Crippen LogP contribution in [0.5, 0.6) is 0 Å². The van der Waals surface area contributed by atoms with Gasteiger partial charge in [-0.2, -0.15) is 0 Å². The first-order valence-electron chi connectivity index (χ1n) is 16.1. The Bertz CT molecular complexity index is 1040. The minimum atomic E-state index is 0. The molecule has 0 amide bonds. The smallest absolute Gasteiger partial charge is 0.0545 e. The maximum Gasteiger partial charge on any atom is 0.0545 e. The van der Waals surface area contributed by atoms with Gasteiger partial charge < -0.3 is 21.3 Å². The number of nitrogens with one attached hydrogen (secondary N) is 4. The molecule has 2 aliphatic rings. The molecule has 4 bridgehead atoms. The highest BCUT2D eigenvalue weighted by atomic mass is 79.9. The predicted molar refractivity (Wildman–Crippen MR) is 181 cm³/mol. The van der Waals surface area contributed by atoms with Crippen molar-refractivity contribution >= 4 is 17.0 Å². The Kier molecular flexibility index (Phi) is 15.0. The Hall–Kier alpha value is -2.24. The van der Waals surface area contributed by atoms with E-state index in [4.69, 9.17) is 9.97 Å². The van der Waals surface area contributed by atoms with Crippen LogP contribution in [0.25, 0.3) is 0 Å². The van der Waals surface area contributed by atoms with E-state index in [2.05, 4.69) is 91.7 Å². The highest BCUT2D eigenvalue weighted by Crippen LogP contribution is 2.12. The van der Waals surface area contributed by atoms with Crippen LogP contribution in [0.3, 0.4) is 0 Å². The van der Waals surface area contributed by atoms with Crippen LogP contribution in [0.2, 0.25) is 0 Å². The van der Waals surface area contributed by atoms with Crippen molar-refractivity contribution in [3.05, 3.63) is 94.6 Å². The second-order valence-corrected chi connectivity index (χ2v) is 11.7. The lowest BCUT2D eigenvalue weighted by atomic mass is 10.1. The van der Waals surface area contributed by atoms with Crippen LogP contribution in [0.4, 0.5) is 0 Å². The van der Waals surface area contributed by atoms with Crippen molar-refractivity contribution in [3.8, 4) is 0 Å². The molecule has 0 atom stereocenters. The van der Waals surface area contributed by atoms with Crippen LogP contribution in [-0.4, -0.2) is 72.1 Å². The molecule has 5 rings (SSSR count). The van der Waals surface area contributed by atoms with Gasteiger partial charge in [0, 0.05) is 39.3 Å². The molecule has 2 aliphatic heterocycles. The van der Waals surface area contributed by atoms with Gasteiger partial charge in [0.1, 0.15) is 0 Å². The van der Waals surface area contributed by atoms with Crippen molar-refractivity contribution in [2.24, 2.45) is 0 Å². The summed E-state index contributed by atoms with van der Waals surface area (Å²) in [7, 11) is 0. The van der Waals surface area contributed by atoms with Gasteiger partial charge in [-0.1, -0.05) is 36.4 Å². The number of halogens is 1. The Morgan fingerprint density at radius 2 is 0.767 bits per heavy atom. The average Bonchev–Trinajstić information content (AvgIpc) is 3.00. The summed E-state index contributed by atoms with van der Waals surface area (Å²) in [4.78, 5) is 14.8. The lowest BCUT2D eigenvalue weighted by molar-refractivity contribution is 0.254. The van der Waals surface area contributed by atoms with Crippen LogP contribution >= 0.6 is 17.0 Å². The molecule has 43 heavy (non-hydrogen) atoms. The van der Waals surface area contributed by atoms with E-state index >= 15 is 0 Å². The van der Waals surface area contributed by atoms with Crippen molar-refractivity contribution in [1.29, 1.82) is 0 Å². The van der Waals surface area contributed by atoms with E-state index in [9.17, 15) is 0 Å².